The molecule has 213 valence electrons. The van der Waals surface area contributed by atoms with Crippen LogP contribution in [-0.2, 0) is 31.3 Å². The van der Waals surface area contributed by atoms with E-state index in [0.29, 0.717) is 5.92 Å². The zero-order valence-corrected chi connectivity index (χ0v) is 28.3. The van der Waals surface area contributed by atoms with Gasteiger partial charge in [0.1, 0.15) is 0 Å². The number of pyridine rings is 1. The average Bonchev–Trinajstić information content (AvgIpc) is 3.50. The maximum absolute atomic E-state index is 11.7. The van der Waals surface area contributed by atoms with Crippen molar-refractivity contribution in [2.45, 2.75) is 80.6 Å². The minimum Gasteiger partial charge on any atom is -0.512 e. The van der Waals surface area contributed by atoms with Gasteiger partial charge in [-0.05, 0) is 66.1 Å². The minimum atomic E-state index is 0. The number of carbonyl (C=O) groups excluding carboxylic acids is 1. The number of carbonyl (C=O) groups is 1. The first-order valence-corrected chi connectivity index (χ1v) is 15.6. The number of allylic oxidation sites excluding steroid dienone is 2. The maximum Gasteiger partial charge on any atom is 0.162 e. The smallest absolute Gasteiger partial charge is 0.162 e. The molecule has 3 aromatic heterocycles. The Labute approximate surface area is 256 Å². The van der Waals surface area contributed by atoms with Crippen LogP contribution in [0.1, 0.15) is 78.4 Å². The van der Waals surface area contributed by atoms with E-state index in [1.807, 2.05) is 45.2 Å². The Kier molecular flexibility index (Phi) is 13.5. The fourth-order valence-electron chi connectivity index (χ4n) is 4.83. The third kappa shape index (κ3) is 8.33. The first-order valence-electron chi connectivity index (χ1n) is 13.9. The van der Waals surface area contributed by atoms with Gasteiger partial charge in [-0.2, -0.15) is 11.6 Å². The molecule has 6 heteroatoms. The van der Waals surface area contributed by atoms with Crippen molar-refractivity contribution in [3.8, 4) is 10.6 Å². The van der Waals surface area contributed by atoms with Crippen LogP contribution >= 0.6 is 22.7 Å². The van der Waals surface area contributed by atoms with Gasteiger partial charge in [0, 0.05) is 53.6 Å². The topological polar surface area (TPSA) is 50.2 Å². The molecule has 39 heavy (non-hydrogen) atoms. The molecule has 0 saturated carbocycles. The molecule has 4 aromatic rings. The Bertz CT molecular complexity index is 1380. The summed E-state index contributed by atoms with van der Waals surface area (Å²) < 4.78 is 2.70. The van der Waals surface area contributed by atoms with Gasteiger partial charge in [0.05, 0.1) is 5.76 Å². The zero-order chi connectivity index (χ0) is 27.8. The molecule has 0 spiro atoms. The number of benzene rings is 1. The van der Waals surface area contributed by atoms with Crippen molar-refractivity contribution in [3.05, 3.63) is 64.9 Å². The van der Waals surface area contributed by atoms with E-state index < -0.39 is 0 Å². The van der Waals surface area contributed by atoms with E-state index in [2.05, 4.69) is 61.5 Å². The predicted octanol–water partition coefficient (Wildman–Crippen LogP) is 10.4. The molecule has 0 atom stereocenters. The number of aromatic nitrogens is 1. The SMILES string of the molecule is CCC(CC)C(=O)/C=C(\O)C(CC)CC.Cc1[c-]c(-c2nccc3c2sc2c(CC(C)C)cccc23)sc1.[Ir]. The van der Waals surface area contributed by atoms with Crippen molar-refractivity contribution in [3.63, 3.8) is 0 Å². The second-order valence-electron chi connectivity index (χ2n) is 10.4. The maximum atomic E-state index is 11.7. The van der Waals surface area contributed by atoms with Gasteiger partial charge in [-0.25, -0.2) is 11.3 Å². The van der Waals surface area contributed by atoms with Crippen LogP contribution in [0.4, 0.5) is 0 Å². The molecule has 3 heterocycles. The number of ketones is 1. The van der Waals surface area contributed by atoms with Crippen molar-refractivity contribution in [1.29, 1.82) is 0 Å². The van der Waals surface area contributed by atoms with Crippen LogP contribution in [0.15, 0.2) is 47.7 Å². The number of hydrogen-bond donors (Lipinski definition) is 1. The summed E-state index contributed by atoms with van der Waals surface area (Å²) >= 11 is 3.62. The van der Waals surface area contributed by atoms with E-state index in [1.165, 1.54) is 37.4 Å². The van der Waals surface area contributed by atoms with Gasteiger partial charge < -0.3 is 10.1 Å². The summed E-state index contributed by atoms with van der Waals surface area (Å²) in [5, 5.41) is 14.6. The van der Waals surface area contributed by atoms with Crippen molar-refractivity contribution in [2.24, 2.45) is 17.8 Å². The summed E-state index contributed by atoms with van der Waals surface area (Å²) in [7, 11) is 0. The van der Waals surface area contributed by atoms with Crippen LogP contribution in [0.5, 0.6) is 0 Å². The van der Waals surface area contributed by atoms with Crippen molar-refractivity contribution in [2.75, 3.05) is 0 Å². The Balaban J connectivity index is 0.000000294. The average molecular weight is 741 g/mol. The predicted molar refractivity (Wildman–Crippen MR) is 166 cm³/mol. The number of aliphatic hydroxyl groups is 1. The van der Waals surface area contributed by atoms with Gasteiger partial charge in [-0.1, -0.05) is 71.5 Å². The van der Waals surface area contributed by atoms with Crippen LogP contribution in [0.25, 0.3) is 30.7 Å². The minimum absolute atomic E-state index is 0. The standard InChI is InChI=1S/C20H18NS2.C13H24O2.Ir/c1-12(2)9-14-5-4-6-15-16-7-8-21-18(20(16)23-19(14)15)17-10-13(3)11-22-17;1-5-10(6-2)12(14)9-13(15)11(7-3)8-4;/h4-8,11-12H,9H2,1-3H3;9-11,14H,5-8H2,1-4H3;/q-1;;/b;12-9-;. The molecule has 0 amide bonds. The number of aliphatic hydroxyl groups excluding tert-OH is 1. The number of nitrogens with zero attached hydrogens (tertiary/aromatic N) is 1. The summed E-state index contributed by atoms with van der Waals surface area (Å²) in [6.45, 7) is 14.7. The summed E-state index contributed by atoms with van der Waals surface area (Å²) in [6, 6.07) is 12.3. The van der Waals surface area contributed by atoms with Crippen molar-refractivity contribution in [1.82, 2.24) is 4.98 Å². The fourth-order valence-corrected chi connectivity index (χ4v) is 7.04. The largest absolute Gasteiger partial charge is 0.512 e. The molecule has 0 aliphatic carbocycles. The molecule has 3 nitrogen and oxygen atoms in total. The molecule has 4 rings (SSSR count). The quantitative estimate of drug-likeness (QED) is 0.100. The number of rotatable bonds is 10. The van der Waals surface area contributed by atoms with Gasteiger partial charge in [-0.15, -0.1) is 16.7 Å². The monoisotopic (exact) mass is 741 g/mol. The van der Waals surface area contributed by atoms with Crippen LogP contribution in [0.2, 0.25) is 0 Å². The van der Waals surface area contributed by atoms with Crippen molar-refractivity contribution >= 4 is 48.6 Å². The van der Waals surface area contributed by atoms with Crippen LogP contribution in [0.3, 0.4) is 0 Å². The molecule has 0 fully saturated rings. The van der Waals surface area contributed by atoms with Crippen LogP contribution < -0.4 is 0 Å². The van der Waals surface area contributed by atoms with E-state index >= 15 is 0 Å². The molecular formula is C33H42IrNO2S2-. The Morgan fingerprint density at radius 2 is 1.64 bits per heavy atom. The summed E-state index contributed by atoms with van der Waals surface area (Å²) in [5.41, 5.74) is 3.72. The van der Waals surface area contributed by atoms with Crippen molar-refractivity contribution < 1.29 is 30.0 Å². The molecule has 0 unspecified atom stereocenters. The second-order valence-corrected chi connectivity index (χ2v) is 12.3. The van der Waals surface area contributed by atoms with E-state index in [1.54, 1.807) is 11.3 Å². The summed E-state index contributed by atoms with van der Waals surface area (Å²) in [5.74, 6) is 1.21. The fraction of sp³-hybridized carbons (Fsp3) is 0.455. The summed E-state index contributed by atoms with van der Waals surface area (Å²) in [4.78, 5) is 17.5. The van der Waals surface area contributed by atoms with Gasteiger partial charge in [0.2, 0.25) is 0 Å². The molecule has 0 bridgehead atoms. The zero-order valence-electron chi connectivity index (χ0n) is 24.3. The van der Waals surface area contributed by atoms with E-state index in [0.717, 1.165) is 42.7 Å². The molecular weight excluding hydrogens is 699 g/mol. The third-order valence-corrected chi connectivity index (χ3v) is 9.39. The molecule has 1 aromatic carbocycles. The number of hydrogen-bond acceptors (Lipinski definition) is 5. The third-order valence-electron chi connectivity index (χ3n) is 7.08. The molecule has 0 aliphatic heterocycles. The molecule has 1 radical (unpaired) electrons. The van der Waals surface area contributed by atoms with E-state index in [9.17, 15) is 9.90 Å². The molecule has 0 saturated heterocycles. The normalized spacial score (nSPS) is 11.8. The number of aryl methyl sites for hydroxylation is 1. The van der Waals surface area contributed by atoms with Gasteiger partial charge in [0.25, 0.3) is 0 Å². The number of fused-ring (bicyclic) bond motifs is 3. The first-order chi connectivity index (χ1) is 18.2. The molecule has 1 N–H and O–H groups in total. The second kappa shape index (κ2) is 15.8. The summed E-state index contributed by atoms with van der Waals surface area (Å²) in [6.07, 6.45) is 7.96. The van der Waals surface area contributed by atoms with Gasteiger partial charge in [-0.3, -0.25) is 4.79 Å². The van der Waals surface area contributed by atoms with Gasteiger partial charge >= 0.3 is 0 Å². The molecule has 0 aliphatic rings. The van der Waals surface area contributed by atoms with Crippen LogP contribution in [-0.4, -0.2) is 15.9 Å². The van der Waals surface area contributed by atoms with E-state index in [4.69, 9.17) is 0 Å². The Hall–Kier alpha value is -1.85. The number of thiophene rings is 2. The van der Waals surface area contributed by atoms with Gasteiger partial charge in [0.15, 0.2) is 5.78 Å². The Morgan fingerprint density at radius 3 is 2.21 bits per heavy atom. The van der Waals surface area contributed by atoms with Crippen LogP contribution in [0, 0.1) is 30.7 Å². The Morgan fingerprint density at radius 1 is 1.00 bits per heavy atom. The first kappa shape index (κ1) is 33.4. The van der Waals surface area contributed by atoms with E-state index in [-0.39, 0.29) is 43.5 Å².